The molecule has 0 fully saturated rings. The van der Waals surface area contributed by atoms with E-state index in [1.807, 2.05) is 12.1 Å². The Morgan fingerprint density at radius 2 is 1.37 bits per heavy atom. The molecule has 8 rings (SSSR count). The van der Waals surface area contributed by atoms with E-state index in [2.05, 4.69) is 67.5 Å². The Morgan fingerprint density at radius 3 is 2.05 bits per heavy atom. The maximum absolute atomic E-state index is 11.9. The fourth-order valence-electron chi connectivity index (χ4n) is 9.77. The molecule has 0 saturated carbocycles. The standard InChI is InChI=1S/C50H64N2O8/c1-51-25-23-37-32-46(58-5)49(55)50-48(37)40(51)28-35-19-22-42(56-3)44(30-35)59-38-20-17-34(18-21-38)29-41-39-33-45(60-50)43(57-4)31-36(39)24-27-52(41,2)26-15-13-11-9-7-6-8-10-12-14-16-47(53)54/h17-22,30-33,40-41H,6-16,23-29H2,1-5H3,(H-,53,54,55)/p+1. The van der Waals surface area contributed by atoms with E-state index in [0.29, 0.717) is 40.9 Å². The van der Waals surface area contributed by atoms with Crippen LogP contribution >= 0.6 is 0 Å². The summed E-state index contributed by atoms with van der Waals surface area (Å²) in [4.78, 5) is 13.1. The maximum atomic E-state index is 11.9. The third kappa shape index (κ3) is 9.82. The number of carboxylic acids is 1. The van der Waals surface area contributed by atoms with E-state index in [-0.39, 0.29) is 24.3 Å². The summed E-state index contributed by atoms with van der Waals surface area (Å²) in [7, 11) is 9.51. The van der Waals surface area contributed by atoms with E-state index in [0.717, 1.165) is 91.5 Å². The first-order valence-electron chi connectivity index (χ1n) is 22.1. The van der Waals surface area contributed by atoms with E-state index < -0.39 is 5.97 Å². The van der Waals surface area contributed by atoms with Crippen LogP contribution in [-0.2, 0) is 30.5 Å². The molecule has 4 aliphatic rings. The molecule has 3 atom stereocenters. The van der Waals surface area contributed by atoms with Crippen LogP contribution in [0.1, 0.15) is 116 Å². The van der Waals surface area contributed by atoms with Crippen LogP contribution in [0.3, 0.4) is 0 Å². The van der Waals surface area contributed by atoms with E-state index >= 15 is 0 Å². The van der Waals surface area contributed by atoms with Crippen LogP contribution in [0, 0.1) is 0 Å². The molecule has 2 N–H and O–H groups in total. The smallest absolute Gasteiger partial charge is 0.303 e. The van der Waals surface area contributed by atoms with Crippen molar-refractivity contribution in [3.8, 4) is 46.0 Å². The minimum absolute atomic E-state index is 0.0167. The minimum Gasteiger partial charge on any atom is -0.502 e. The molecule has 60 heavy (non-hydrogen) atoms. The van der Waals surface area contributed by atoms with Gasteiger partial charge in [-0.3, -0.25) is 9.69 Å². The van der Waals surface area contributed by atoms with Crippen LogP contribution in [-0.4, -0.2) is 80.6 Å². The van der Waals surface area contributed by atoms with Gasteiger partial charge in [-0.2, -0.15) is 0 Å². The molecule has 3 unspecified atom stereocenters. The SMILES string of the molecule is COc1ccc2cc1Oc1ccc(cc1)CC1c3cc(c(OC)cc3CC[N+]1(C)CCCCCCCCCCCCC(=O)O)Oc1c(O)c(OC)cc3c1C(C2)N(C)CC3. The zero-order valence-electron chi connectivity index (χ0n) is 36.4. The molecule has 10 heteroatoms. The van der Waals surface area contributed by atoms with Gasteiger partial charge < -0.3 is 38.4 Å². The molecule has 10 nitrogen and oxygen atoms in total. The molecule has 0 amide bonds. The van der Waals surface area contributed by atoms with Crippen molar-refractivity contribution < 1.29 is 43.2 Å². The zero-order valence-corrected chi connectivity index (χ0v) is 36.4. The highest BCUT2D eigenvalue weighted by molar-refractivity contribution is 5.66. The van der Waals surface area contributed by atoms with Crippen LogP contribution in [0.25, 0.3) is 0 Å². The number of likely N-dealkylation sites (N-methyl/N-ethyl adjacent to an activating group) is 2. The van der Waals surface area contributed by atoms with Crippen LogP contribution in [0.5, 0.6) is 46.0 Å². The van der Waals surface area contributed by atoms with Gasteiger partial charge in [-0.25, -0.2) is 0 Å². The highest BCUT2D eigenvalue weighted by atomic mass is 16.5. The number of rotatable bonds is 16. The summed E-state index contributed by atoms with van der Waals surface area (Å²) in [5, 5.41) is 20.8. The largest absolute Gasteiger partial charge is 0.502 e. The van der Waals surface area contributed by atoms with Crippen LogP contribution in [0.4, 0.5) is 0 Å². The van der Waals surface area contributed by atoms with Crippen LogP contribution in [0.15, 0.2) is 60.7 Å². The van der Waals surface area contributed by atoms with Gasteiger partial charge >= 0.3 is 5.97 Å². The first-order valence-corrected chi connectivity index (χ1v) is 22.1. The van der Waals surface area contributed by atoms with Crippen molar-refractivity contribution in [1.29, 1.82) is 0 Å². The van der Waals surface area contributed by atoms with Gasteiger partial charge in [-0.05, 0) is 104 Å². The Labute approximate surface area is 356 Å². The molecule has 0 spiro atoms. The quantitative estimate of drug-likeness (QED) is 0.0844. The number of carboxylic acid groups (broad SMARTS) is 1. The fourth-order valence-corrected chi connectivity index (χ4v) is 9.77. The molecule has 0 saturated heterocycles. The molecule has 0 radical (unpaired) electrons. The number of fused-ring (bicyclic) bond motifs is 2. The van der Waals surface area contributed by atoms with Gasteiger partial charge in [0.2, 0.25) is 5.75 Å². The number of nitrogens with zero attached hydrogens (tertiary/aromatic N) is 2. The van der Waals surface area contributed by atoms with Crippen LogP contribution in [0.2, 0.25) is 0 Å². The monoisotopic (exact) mass is 821 g/mol. The summed E-state index contributed by atoms with van der Waals surface area (Å²) in [5.74, 6) is 3.41. The average Bonchev–Trinajstić information content (AvgIpc) is 3.24. The predicted molar refractivity (Wildman–Crippen MR) is 235 cm³/mol. The topological polar surface area (TPSA) is 107 Å². The lowest BCUT2D eigenvalue weighted by atomic mass is 9.85. The number of unbranched alkanes of at least 4 members (excludes halogenated alkanes) is 9. The van der Waals surface area contributed by atoms with Gasteiger partial charge in [-0.1, -0.05) is 63.1 Å². The number of aliphatic carboxylic acids is 1. The molecule has 4 aliphatic heterocycles. The van der Waals surface area contributed by atoms with Gasteiger partial charge in [0, 0.05) is 43.0 Å². The molecule has 322 valence electrons. The number of hydrogen-bond acceptors (Lipinski definition) is 8. The van der Waals surface area contributed by atoms with Crippen LogP contribution < -0.4 is 23.7 Å². The minimum atomic E-state index is -0.691. The third-order valence-electron chi connectivity index (χ3n) is 13.4. The lowest BCUT2D eigenvalue weighted by Crippen LogP contribution is -2.52. The lowest BCUT2D eigenvalue weighted by molar-refractivity contribution is -0.941. The summed E-state index contributed by atoms with van der Waals surface area (Å²) in [6, 6.07) is 21.0. The van der Waals surface area contributed by atoms with Gasteiger partial charge in [-0.15, -0.1) is 0 Å². The number of carbonyl (C=O) groups is 1. The first kappa shape index (κ1) is 43.2. The Balaban J connectivity index is 1.21. The number of phenols is 1. The predicted octanol–water partition coefficient (Wildman–Crippen LogP) is 10.7. The van der Waals surface area contributed by atoms with Crippen molar-refractivity contribution in [3.63, 3.8) is 0 Å². The van der Waals surface area contributed by atoms with Gasteiger partial charge in [0.25, 0.3) is 0 Å². The van der Waals surface area contributed by atoms with E-state index in [1.54, 1.807) is 21.3 Å². The normalized spacial score (nSPS) is 19.6. The number of benzene rings is 4. The molecule has 6 bridgehead atoms. The number of methoxy groups -OCH3 is 3. The molecular formula is C50H65N2O8+. The number of ether oxygens (including phenoxy) is 5. The summed E-state index contributed by atoms with van der Waals surface area (Å²) in [6.07, 6.45) is 14.9. The molecular weight excluding hydrogens is 757 g/mol. The van der Waals surface area contributed by atoms with Gasteiger partial charge in [0.1, 0.15) is 11.8 Å². The Hall–Kier alpha value is -4.93. The molecule has 0 aliphatic carbocycles. The second-order valence-electron chi connectivity index (χ2n) is 17.4. The van der Waals surface area contributed by atoms with Crippen molar-refractivity contribution >= 4 is 5.97 Å². The van der Waals surface area contributed by atoms with Crippen molar-refractivity contribution in [2.45, 2.75) is 108 Å². The highest BCUT2D eigenvalue weighted by Crippen LogP contribution is 2.52. The van der Waals surface area contributed by atoms with E-state index in [1.165, 1.54) is 55.2 Å². The van der Waals surface area contributed by atoms with E-state index in [9.17, 15) is 9.90 Å². The Kier molecular flexibility index (Phi) is 14.1. The Bertz CT molecular complexity index is 2100. The van der Waals surface area contributed by atoms with Crippen molar-refractivity contribution in [2.75, 3.05) is 55.1 Å². The third-order valence-corrected chi connectivity index (χ3v) is 13.4. The van der Waals surface area contributed by atoms with Gasteiger partial charge in [0.05, 0.1) is 41.5 Å². The average molecular weight is 822 g/mol. The summed E-state index contributed by atoms with van der Waals surface area (Å²) in [6.45, 7) is 2.94. The fraction of sp³-hybridized carbons (Fsp3) is 0.500. The molecule has 4 aromatic rings. The Morgan fingerprint density at radius 1 is 0.733 bits per heavy atom. The number of aromatic hydroxyl groups is 1. The second-order valence-corrected chi connectivity index (χ2v) is 17.4. The van der Waals surface area contributed by atoms with E-state index in [4.69, 9.17) is 28.8 Å². The summed E-state index contributed by atoms with van der Waals surface area (Å²) >= 11 is 0. The van der Waals surface area contributed by atoms with Crippen molar-refractivity contribution in [2.24, 2.45) is 0 Å². The summed E-state index contributed by atoms with van der Waals surface area (Å²) < 4.78 is 32.1. The zero-order chi connectivity index (χ0) is 42.2. The molecule has 0 aromatic heterocycles. The maximum Gasteiger partial charge on any atom is 0.303 e. The van der Waals surface area contributed by atoms with Crippen molar-refractivity contribution in [1.82, 2.24) is 4.90 Å². The second kappa shape index (κ2) is 19.6. The number of phenolic OH excluding ortho intramolecular Hbond substituents is 1. The molecule has 4 heterocycles. The summed E-state index contributed by atoms with van der Waals surface area (Å²) in [5.41, 5.74) is 6.88. The van der Waals surface area contributed by atoms with Crippen molar-refractivity contribution in [3.05, 3.63) is 94.0 Å². The first-order chi connectivity index (χ1) is 29.1. The number of quaternary nitrogens is 1. The van der Waals surface area contributed by atoms with Gasteiger partial charge in [0.15, 0.2) is 34.5 Å². The molecule has 4 aromatic carbocycles. The highest BCUT2D eigenvalue weighted by Gasteiger charge is 2.40. The number of hydrogen-bond donors (Lipinski definition) is 2. The lowest BCUT2D eigenvalue weighted by Gasteiger charge is -2.46.